The molecule has 162 valence electrons. The van der Waals surface area contributed by atoms with E-state index in [2.05, 4.69) is 0 Å². The van der Waals surface area contributed by atoms with Crippen LogP contribution in [0.25, 0.3) is 11.0 Å². The van der Waals surface area contributed by atoms with E-state index in [0.717, 1.165) is 32.1 Å². The van der Waals surface area contributed by atoms with Crippen LogP contribution in [-0.2, 0) is 19.4 Å². The third-order valence-corrected chi connectivity index (χ3v) is 7.85. The number of sulfone groups is 1. The number of ether oxygens (including phenoxy) is 1. The Kier molecular flexibility index (Phi) is 6.06. The second kappa shape index (κ2) is 8.59. The molecule has 1 unspecified atom stereocenters. The quantitative estimate of drug-likeness (QED) is 0.642. The predicted molar refractivity (Wildman–Crippen MR) is 112 cm³/mol. The summed E-state index contributed by atoms with van der Waals surface area (Å²) in [7, 11) is -3.13. The van der Waals surface area contributed by atoms with E-state index in [-0.39, 0.29) is 35.3 Å². The molecule has 1 aliphatic heterocycles. The number of hydrogen-bond donors (Lipinski definition) is 0. The summed E-state index contributed by atoms with van der Waals surface area (Å²) >= 11 is 5.95. The van der Waals surface area contributed by atoms with Gasteiger partial charge in [0.05, 0.1) is 11.5 Å². The van der Waals surface area contributed by atoms with E-state index in [4.69, 9.17) is 20.8 Å². The second-order valence-corrected chi connectivity index (χ2v) is 10.7. The Morgan fingerprint density at radius 3 is 2.57 bits per heavy atom. The molecule has 1 amide bonds. The highest BCUT2D eigenvalue weighted by Gasteiger charge is 2.38. The maximum atomic E-state index is 13.0. The molecule has 7 nitrogen and oxygen atoms in total. The van der Waals surface area contributed by atoms with Gasteiger partial charge in [-0.15, -0.1) is 0 Å². The zero-order valence-corrected chi connectivity index (χ0v) is 18.1. The van der Waals surface area contributed by atoms with Gasteiger partial charge in [-0.25, -0.2) is 13.2 Å². The predicted octanol–water partition coefficient (Wildman–Crippen LogP) is 3.59. The van der Waals surface area contributed by atoms with Gasteiger partial charge in [0.1, 0.15) is 5.58 Å². The summed E-state index contributed by atoms with van der Waals surface area (Å²) in [6.45, 7) is -0.441. The maximum Gasteiger partial charge on any atom is 0.374 e. The minimum Gasteiger partial charge on any atom is -0.450 e. The number of rotatable bonds is 5. The van der Waals surface area contributed by atoms with Crippen molar-refractivity contribution in [2.75, 3.05) is 18.1 Å². The van der Waals surface area contributed by atoms with E-state index < -0.39 is 22.4 Å². The lowest BCUT2D eigenvalue weighted by Crippen LogP contribution is -2.50. The van der Waals surface area contributed by atoms with Gasteiger partial charge >= 0.3 is 5.97 Å². The van der Waals surface area contributed by atoms with Gasteiger partial charge < -0.3 is 14.1 Å². The highest BCUT2D eigenvalue weighted by molar-refractivity contribution is 7.91. The molecule has 0 radical (unpaired) electrons. The molecule has 1 aromatic heterocycles. The van der Waals surface area contributed by atoms with Crippen molar-refractivity contribution in [3.8, 4) is 0 Å². The molecule has 9 heteroatoms. The van der Waals surface area contributed by atoms with E-state index in [0.29, 0.717) is 22.4 Å². The summed E-state index contributed by atoms with van der Waals surface area (Å²) in [6.07, 6.45) is 5.26. The van der Waals surface area contributed by atoms with Crippen LogP contribution in [0.5, 0.6) is 0 Å². The number of halogens is 1. The van der Waals surface area contributed by atoms with E-state index in [1.165, 1.54) is 6.07 Å². The molecule has 2 fully saturated rings. The van der Waals surface area contributed by atoms with Gasteiger partial charge in [0, 0.05) is 22.5 Å². The molecule has 1 saturated carbocycles. The standard InChI is InChI=1S/C21H24ClNO6S/c22-15-6-7-18-14(10-15)11-19(29-18)21(25)28-12-20(24)23(16-4-2-1-3-5-16)17-8-9-30(26,27)13-17/h6-7,10-11,16-17H,1-5,8-9,12-13H2. The monoisotopic (exact) mass is 453 g/mol. The first-order valence-corrected chi connectivity index (χ1v) is 12.4. The lowest BCUT2D eigenvalue weighted by atomic mass is 9.93. The van der Waals surface area contributed by atoms with Gasteiger partial charge in [0.15, 0.2) is 16.4 Å². The van der Waals surface area contributed by atoms with Gasteiger partial charge in [-0.1, -0.05) is 30.9 Å². The fraction of sp³-hybridized carbons (Fsp3) is 0.524. The number of benzene rings is 1. The van der Waals surface area contributed by atoms with E-state index in [1.807, 2.05) is 0 Å². The Labute approximate surface area is 180 Å². The molecule has 2 aromatic rings. The largest absolute Gasteiger partial charge is 0.450 e. The molecule has 2 heterocycles. The highest BCUT2D eigenvalue weighted by Crippen LogP contribution is 2.29. The number of fused-ring (bicyclic) bond motifs is 1. The number of furan rings is 1. The summed E-state index contributed by atoms with van der Waals surface area (Å²) in [4.78, 5) is 27.1. The summed E-state index contributed by atoms with van der Waals surface area (Å²) in [5.74, 6) is -1.02. The van der Waals surface area contributed by atoms with Crippen molar-refractivity contribution < 1.29 is 27.2 Å². The molecule has 30 heavy (non-hydrogen) atoms. The number of esters is 1. The lowest BCUT2D eigenvalue weighted by molar-refractivity contribution is -0.140. The first-order valence-electron chi connectivity index (χ1n) is 10.2. The second-order valence-electron chi connectivity index (χ2n) is 8.02. The van der Waals surface area contributed by atoms with Crippen molar-refractivity contribution in [3.05, 3.63) is 35.0 Å². The molecule has 2 aliphatic rings. The Balaban J connectivity index is 1.45. The first-order chi connectivity index (χ1) is 14.3. The maximum absolute atomic E-state index is 13.0. The Morgan fingerprint density at radius 2 is 1.87 bits per heavy atom. The lowest BCUT2D eigenvalue weighted by Gasteiger charge is -2.38. The smallest absolute Gasteiger partial charge is 0.374 e. The van der Waals surface area contributed by atoms with E-state index in [9.17, 15) is 18.0 Å². The molecule has 1 aliphatic carbocycles. The number of hydrogen-bond acceptors (Lipinski definition) is 6. The minimum atomic E-state index is -3.13. The number of nitrogens with zero attached hydrogens (tertiary/aromatic N) is 1. The Morgan fingerprint density at radius 1 is 1.10 bits per heavy atom. The zero-order valence-electron chi connectivity index (χ0n) is 16.5. The third-order valence-electron chi connectivity index (χ3n) is 5.86. The molecule has 0 N–H and O–H groups in total. The van der Waals surface area contributed by atoms with E-state index in [1.54, 1.807) is 23.1 Å². The fourth-order valence-corrected chi connectivity index (χ4v) is 6.34. The van der Waals surface area contributed by atoms with Crippen LogP contribution in [0.1, 0.15) is 49.1 Å². The Hall–Kier alpha value is -2.06. The van der Waals surface area contributed by atoms with E-state index >= 15 is 0 Å². The Bertz CT molecular complexity index is 1060. The molecule has 1 aromatic carbocycles. The van der Waals surface area contributed by atoms with Crippen molar-refractivity contribution in [1.29, 1.82) is 0 Å². The molecule has 4 rings (SSSR count). The van der Waals surface area contributed by atoms with Gasteiger partial charge in [0.2, 0.25) is 5.76 Å². The normalized spacial score (nSPS) is 21.6. The average molecular weight is 454 g/mol. The SMILES string of the molecule is O=C(OCC(=O)N(C1CCCCC1)C1CCS(=O)(=O)C1)c1cc2cc(Cl)ccc2o1. The first kappa shape index (κ1) is 21.2. The van der Waals surface area contributed by atoms with Crippen LogP contribution in [0.2, 0.25) is 5.02 Å². The third kappa shape index (κ3) is 4.64. The van der Waals surface area contributed by atoms with Gasteiger partial charge in [-0.3, -0.25) is 4.79 Å². The molecular weight excluding hydrogens is 430 g/mol. The minimum absolute atomic E-state index is 0.00315. The van der Waals surface area contributed by atoms with Gasteiger partial charge in [0.25, 0.3) is 5.91 Å². The van der Waals surface area contributed by atoms with Crippen LogP contribution in [0.3, 0.4) is 0 Å². The van der Waals surface area contributed by atoms with Crippen LogP contribution < -0.4 is 0 Å². The van der Waals surface area contributed by atoms with Gasteiger partial charge in [-0.05, 0) is 43.5 Å². The van der Waals surface area contributed by atoms with Crippen LogP contribution in [0, 0.1) is 0 Å². The van der Waals surface area contributed by atoms with Crippen LogP contribution in [0.4, 0.5) is 0 Å². The zero-order chi connectivity index (χ0) is 21.3. The molecular formula is C21H24ClNO6S. The molecule has 1 saturated heterocycles. The van der Waals surface area contributed by atoms with Gasteiger partial charge in [-0.2, -0.15) is 0 Å². The average Bonchev–Trinajstić information content (AvgIpc) is 3.29. The van der Waals surface area contributed by atoms with Crippen molar-refractivity contribution >= 4 is 44.3 Å². The summed E-state index contributed by atoms with van der Waals surface area (Å²) < 4.78 is 34.6. The molecule has 1 atom stereocenters. The van der Waals surface area contributed by atoms with Crippen molar-refractivity contribution in [3.63, 3.8) is 0 Å². The summed E-state index contributed by atoms with van der Waals surface area (Å²) in [5, 5.41) is 1.19. The summed E-state index contributed by atoms with van der Waals surface area (Å²) in [6, 6.07) is 6.16. The van der Waals surface area contributed by atoms with Crippen molar-refractivity contribution in [1.82, 2.24) is 4.90 Å². The van der Waals surface area contributed by atoms with Crippen LogP contribution >= 0.6 is 11.6 Å². The number of amides is 1. The van der Waals surface area contributed by atoms with Crippen molar-refractivity contribution in [2.24, 2.45) is 0 Å². The number of carbonyl (C=O) groups excluding carboxylic acids is 2. The molecule has 0 spiro atoms. The molecule has 0 bridgehead atoms. The summed E-state index contributed by atoms with van der Waals surface area (Å²) in [5.41, 5.74) is 0.498. The van der Waals surface area contributed by atoms with Crippen LogP contribution in [0.15, 0.2) is 28.7 Å². The van der Waals surface area contributed by atoms with Crippen LogP contribution in [-0.4, -0.2) is 55.4 Å². The number of carbonyl (C=O) groups is 2. The fourth-order valence-electron chi connectivity index (χ4n) is 4.45. The highest BCUT2D eigenvalue weighted by atomic mass is 35.5. The topological polar surface area (TPSA) is 93.9 Å². The van der Waals surface area contributed by atoms with Crippen molar-refractivity contribution in [2.45, 2.75) is 50.6 Å².